The second-order valence-corrected chi connectivity index (χ2v) is 8.04. The number of benzene rings is 1. The lowest BCUT2D eigenvalue weighted by molar-refractivity contribution is 0.0997. The van der Waals surface area contributed by atoms with Crippen LogP contribution in [-0.4, -0.2) is 46.2 Å². The summed E-state index contributed by atoms with van der Waals surface area (Å²) in [6, 6.07) is 7.93. The Morgan fingerprint density at radius 3 is 2.70 bits per heavy atom. The Bertz CT molecular complexity index is 1060. The van der Waals surface area contributed by atoms with Gasteiger partial charge in [0.25, 0.3) is 0 Å². The van der Waals surface area contributed by atoms with Crippen molar-refractivity contribution in [2.24, 2.45) is 0 Å². The van der Waals surface area contributed by atoms with E-state index in [1.807, 2.05) is 35.1 Å². The summed E-state index contributed by atoms with van der Waals surface area (Å²) >= 11 is 0. The maximum atomic E-state index is 6.12. The molecule has 2 aliphatic heterocycles. The summed E-state index contributed by atoms with van der Waals surface area (Å²) in [5, 5.41) is 4.91. The van der Waals surface area contributed by atoms with Crippen molar-refractivity contribution in [1.29, 1.82) is 0 Å². The first-order valence-corrected chi connectivity index (χ1v) is 10.4. The number of hydrogen-bond acceptors (Lipinski definition) is 6. The first-order valence-electron chi connectivity index (χ1n) is 10.4. The van der Waals surface area contributed by atoms with Crippen molar-refractivity contribution in [1.82, 2.24) is 19.7 Å². The van der Waals surface area contributed by atoms with Crippen LogP contribution >= 0.6 is 0 Å². The molecule has 0 unspecified atom stereocenters. The van der Waals surface area contributed by atoms with Crippen LogP contribution in [0.5, 0.6) is 11.5 Å². The highest BCUT2D eigenvalue weighted by atomic mass is 16.5. The number of aryl methyl sites for hydroxylation is 1. The minimum Gasteiger partial charge on any atom is -0.493 e. The molecular formula is C23H26N4O3. The van der Waals surface area contributed by atoms with Gasteiger partial charge in [0.1, 0.15) is 5.82 Å². The fraction of sp³-hybridized carbons (Fsp3) is 0.435. The van der Waals surface area contributed by atoms with Gasteiger partial charge >= 0.3 is 0 Å². The van der Waals surface area contributed by atoms with Crippen molar-refractivity contribution in [3.05, 3.63) is 59.4 Å². The van der Waals surface area contributed by atoms with Gasteiger partial charge in [0, 0.05) is 24.7 Å². The zero-order chi connectivity index (χ0) is 20.7. The number of methoxy groups -OCH3 is 2. The Hall–Kier alpha value is -2.93. The van der Waals surface area contributed by atoms with E-state index in [-0.39, 0.29) is 12.0 Å². The minimum atomic E-state index is 0.244. The van der Waals surface area contributed by atoms with Crippen LogP contribution in [0.15, 0.2) is 36.7 Å². The lowest BCUT2D eigenvalue weighted by atomic mass is 9.88. The van der Waals surface area contributed by atoms with Crippen molar-refractivity contribution in [2.75, 3.05) is 14.2 Å². The van der Waals surface area contributed by atoms with E-state index in [4.69, 9.17) is 24.3 Å². The predicted molar refractivity (Wildman–Crippen MR) is 111 cm³/mol. The van der Waals surface area contributed by atoms with Crippen molar-refractivity contribution in [3.8, 4) is 17.2 Å². The van der Waals surface area contributed by atoms with Crippen LogP contribution in [0.2, 0.25) is 0 Å². The minimum absolute atomic E-state index is 0.244. The van der Waals surface area contributed by atoms with Gasteiger partial charge in [0.15, 0.2) is 17.3 Å². The fourth-order valence-electron chi connectivity index (χ4n) is 4.65. The Morgan fingerprint density at radius 2 is 2.00 bits per heavy atom. The third-order valence-corrected chi connectivity index (χ3v) is 6.14. The van der Waals surface area contributed by atoms with Crippen LogP contribution < -0.4 is 9.47 Å². The number of nitrogens with zero attached hydrogens (tertiary/aromatic N) is 4. The van der Waals surface area contributed by atoms with Gasteiger partial charge in [0.2, 0.25) is 0 Å². The van der Waals surface area contributed by atoms with Crippen molar-refractivity contribution < 1.29 is 14.2 Å². The van der Waals surface area contributed by atoms with Gasteiger partial charge in [-0.2, -0.15) is 5.10 Å². The Balaban J connectivity index is 1.52. The summed E-state index contributed by atoms with van der Waals surface area (Å²) in [7, 11) is 3.29. The van der Waals surface area contributed by atoms with Crippen molar-refractivity contribution in [3.63, 3.8) is 0 Å². The second kappa shape index (κ2) is 7.72. The van der Waals surface area contributed by atoms with E-state index in [1.54, 1.807) is 20.4 Å². The summed E-state index contributed by atoms with van der Waals surface area (Å²) in [5.41, 5.74) is 3.17. The molecule has 7 heteroatoms. The molecule has 4 heterocycles. The standard InChI is InChI=1S/C23H26N4O3/c1-14-13-24-9-8-18(14)27-23(17-12-16-5-7-19(17)30-16)25-22(26-27)11-15-4-6-20(28-2)21(10-15)29-3/h4,6,8-10,13,16-17,19H,5,7,11-12H2,1-3H3/t16-,17+,19+/m0/s1. The Morgan fingerprint density at radius 1 is 1.13 bits per heavy atom. The molecule has 5 rings (SSSR count). The number of aromatic nitrogens is 4. The van der Waals surface area contributed by atoms with E-state index >= 15 is 0 Å². The Kier molecular flexibility index (Phi) is 4.90. The Labute approximate surface area is 176 Å². The molecule has 0 radical (unpaired) electrons. The maximum absolute atomic E-state index is 6.12. The molecular weight excluding hydrogens is 380 g/mol. The monoisotopic (exact) mass is 406 g/mol. The third kappa shape index (κ3) is 3.33. The SMILES string of the molecule is COc1ccc(Cc2nc([C@@H]3C[C@@H]4CC[C@H]3O4)n(-c3ccncc3C)n2)cc1OC. The van der Waals surface area contributed by atoms with Gasteiger partial charge in [-0.15, -0.1) is 0 Å². The van der Waals surface area contributed by atoms with E-state index in [2.05, 4.69) is 11.9 Å². The van der Waals surface area contributed by atoms with E-state index in [9.17, 15) is 0 Å². The molecule has 2 aromatic heterocycles. The van der Waals surface area contributed by atoms with Crippen molar-refractivity contribution >= 4 is 0 Å². The van der Waals surface area contributed by atoms with E-state index < -0.39 is 0 Å². The van der Waals surface area contributed by atoms with Gasteiger partial charge in [0.05, 0.1) is 32.1 Å². The highest BCUT2D eigenvalue weighted by Crippen LogP contribution is 2.44. The largest absolute Gasteiger partial charge is 0.493 e. The molecule has 30 heavy (non-hydrogen) atoms. The lowest BCUT2D eigenvalue weighted by Crippen LogP contribution is -2.19. The number of pyridine rings is 1. The molecule has 0 amide bonds. The molecule has 0 aliphatic carbocycles. The quantitative estimate of drug-likeness (QED) is 0.623. The molecule has 0 spiro atoms. The van der Waals surface area contributed by atoms with E-state index in [1.165, 1.54) is 0 Å². The molecule has 0 saturated carbocycles. The molecule has 3 atom stereocenters. The van der Waals surface area contributed by atoms with Crippen LogP contribution in [0.4, 0.5) is 0 Å². The summed E-state index contributed by atoms with van der Waals surface area (Å²) in [6.45, 7) is 2.05. The maximum Gasteiger partial charge on any atom is 0.161 e. The van der Waals surface area contributed by atoms with Gasteiger partial charge in [-0.05, 0) is 55.5 Å². The number of fused-ring (bicyclic) bond motifs is 2. The summed E-state index contributed by atoms with van der Waals surface area (Å²) < 4.78 is 18.9. The molecule has 1 aromatic carbocycles. The zero-order valence-electron chi connectivity index (χ0n) is 17.5. The molecule has 2 bridgehead atoms. The van der Waals surface area contributed by atoms with Crippen LogP contribution in [0.3, 0.4) is 0 Å². The van der Waals surface area contributed by atoms with Crippen LogP contribution in [0, 0.1) is 6.92 Å². The molecule has 3 aromatic rings. The number of rotatable bonds is 6. The van der Waals surface area contributed by atoms with Crippen LogP contribution in [0.1, 0.15) is 48.0 Å². The second-order valence-electron chi connectivity index (χ2n) is 8.04. The molecule has 0 N–H and O–H groups in total. The lowest BCUT2D eigenvalue weighted by Gasteiger charge is -2.19. The topological polar surface area (TPSA) is 71.3 Å². The average molecular weight is 406 g/mol. The summed E-state index contributed by atoms with van der Waals surface area (Å²) in [4.78, 5) is 9.23. The van der Waals surface area contributed by atoms with Crippen LogP contribution in [0.25, 0.3) is 5.69 Å². The highest BCUT2D eigenvalue weighted by molar-refractivity contribution is 5.44. The smallest absolute Gasteiger partial charge is 0.161 e. The van der Waals surface area contributed by atoms with E-state index in [0.29, 0.717) is 24.0 Å². The third-order valence-electron chi connectivity index (χ3n) is 6.14. The zero-order valence-corrected chi connectivity index (χ0v) is 17.5. The average Bonchev–Trinajstić information content (AvgIpc) is 3.49. The van der Waals surface area contributed by atoms with Crippen molar-refractivity contribution in [2.45, 2.75) is 50.7 Å². The first kappa shape index (κ1) is 19.1. The normalized spacial score (nSPS) is 22.4. The van der Waals surface area contributed by atoms with Crippen LogP contribution in [-0.2, 0) is 11.2 Å². The molecule has 7 nitrogen and oxygen atoms in total. The predicted octanol–water partition coefficient (Wildman–Crippen LogP) is 3.61. The van der Waals surface area contributed by atoms with Gasteiger partial charge in [-0.25, -0.2) is 9.67 Å². The first-order chi connectivity index (χ1) is 14.7. The van der Waals surface area contributed by atoms with Gasteiger partial charge in [-0.3, -0.25) is 4.98 Å². The van der Waals surface area contributed by atoms with Gasteiger partial charge < -0.3 is 14.2 Å². The highest BCUT2D eigenvalue weighted by Gasteiger charge is 2.44. The molecule has 2 fully saturated rings. The van der Waals surface area contributed by atoms with E-state index in [0.717, 1.165) is 47.7 Å². The van der Waals surface area contributed by atoms with Gasteiger partial charge in [-0.1, -0.05) is 6.07 Å². The summed E-state index contributed by atoms with van der Waals surface area (Å²) in [5.74, 6) is 3.49. The molecule has 156 valence electrons. The fourth-order valence-corrected chi connectivity index (χ4v) is 4.65. The summed E-state index contributed by atoms with van der Waals surface area (Å²) in [6.07, 6.45) is 8.16. The number of ether oxygens (including phenoxy) is 3. The molecule has 2 saturated heterocycles. The number of hydrogen-bond donors (Lipinski definition) is 0. The molecule has 2 aliphatic rings.